The molecule has 1 rings (SSSR count). The molecule has 0 heterocycles. The average molecular weight is 198 g/mol. The first kappa shape index (κ1) is 10.2. The van der Waals surface area contributed by atoms with E-state index in [0.29, 0.717) is 6.61 Å². The Balaban J connectivity index is 2.25. The van der Waals surface area contributed by atoms with Crippen molar-refractivity contribution in [3.05, 3.63) is 24.3 Å². The topological polar surface area (TPSA) is 47.3 Å². The minimum Gasteiger partial charge on any atom is -0.399 e. The number of rotatable bonds is 5. The van der Waals surface area contributed by atoms with Crippen LogP contribution in [0.5, 0.6) is 0 Å². The highest BCUT2D eigenvalue weighted by molar-refractivity contribution is 7.93. The van der Waals surface area contributed by atoms with E-state index >= 15 is 0 Å². The van der Waals surface area contributed by atoms with E-state index in [-0.39, 0.29) is 0 Å². The Bertz CT molecular complexity index is 238. The van der Waals surface area contributed by atoms with E-state index in [1.54, 1.807) is 0 Å². The summed E-state index contributed by atoms with van der Waals surface area (Å²) >= 11 is 1.38. The lowest BCUT2D eigenvalue weighted by Crippen LogP contribution is -2.06. The van der Waals surface area contributed by atoms with Crippen molar-refractivity contribution in [1.29, 1.82) is 0 Å². The molecular weight excluding hydrogens is 184 g/mol. The molecule has 0 aliphatic heterocycles. The molecule has 1 aromatic rings. The van der Waals surface area contributed by atoms with Crippen LogP contribution in [0.25, 0.3) is 0 Å². The van der Waals surface area contributed by atoms with Crippen LogP contribution >= 0.6 is 12.0 Å². The molecule has 0 fully saturated rings. The highest BCUT2D eigenvalue weighted by Gasteiger charge is 1.90. The summed E-state index contributed by atoms with van der Waals surface area (Å²) in [7, 11) is 0. The van der Waals surface area contributed by atoms with Gasteiger partial charge in [0, 0.05) is 24.2 Å². The van der Waals surface area contributed by atoms with Crippen molar-refractivity contribution in [2.75, 3.05) is 30.5 Å². The van der Waals surface area contributed by atoms with Gasteiger partial charge in [-0.1, -0.05) is 0 Å². The van der Waals surface area contributed by atoms with Crippen LogP contribution in [-0.2, 0) is 4.18 Å². The first-order valence-corrected chi connectivity index (χ1v) is 5.23. The highest BCUT2D eigenvalue weighted by Crippen LogP contribution is 2.09. The monoisotopic (exact) mass is 198 g/mol. The molecule has 0 aliphatic carbocycles. The first-order valence-electron chi connectivity index (χ1n) is 4.08. The van der Waals surface area contributed by atoms with Gasteiger partial charge < -0.3 is 15.2 Å². The van der Waals surface area contributed by atoms with Gasteiger partial charge in [0.05, 0.1) is 6.61 Å². The lowest BCUT2D eigenvalue weighted by atomic mass is 10.3. The molecule has 0 radical (unpaired) electrons. The predicted molar refractivity (Wildman–Crippen MR) is 58.8 cm³/mol. The Morgan fingerprint density at radius 2 is 2.08 bits per heavy atom. The molecule has 0 atom stereocenters. The minimum atomic E-state index is 0.700. The second kappa shape index (κ2) is 5.72. The van der Waals surface area contributed by atoms with Gasteiger partial charge >= 0.3 is 0 Å². The van der Waals surface area contributed by atoms with Crippen LogP contribution in [0.15, 0.2) is 24.3 Å². The molecule has 0 aromatic heterocycles. The van der Waals surface area contributed by atoms with E-state index in [2.05, 4.69) is 5.32 Å². The van der Waals surface area contributed by atoms with Crippen molar-refractivity contribution < 1.29 is 4.18 Å². The Hall–Kier alpha value is -0.870. The van der Waals surface area contributed by atoms with Crippen molar-refractivity contribution in [2.45, 2.75) is 0 Å². The SMILES string of the molecule is CSOCCNc1ccc(N)cc1. The molecule has 0 saturated heterocycles. The van der Waals surface area contributed by atoms with E-state index < -0.39 is 0 Å². The maximum absolute atomic E-state index is 5.55. The van der Waals surface area contributed by atoms with Crippen molar-refractivity contribution >= 4 is 23.4 Å². The number of anilines is 2. The number of benzene rings is 1. The zero-order valence-electron chi connectivity index (χ0n) is 7.62. The fourth-order valence-electron chi connectivity index (χ4n) is 0.921. The normalized spacial score (nSPS) is 9.92. The minimum absolute atomic E-state index is 0.700. The molecule has 4 heteroatoms. The molecular formula is C9H14N2OS. The van der Waals surface area contributed by atoms with Crippen LogP contribution in [0, 0.1) is 0 Å². The van der Waals surface area contributed by atoms with Crippen LogP contribution in [0.4, 0.5) is 11.4 Å². The van der Waals surface area contributed by atoms with Gasteiger partial charge in [0.1, 0.15) is 0 Å². The Morgan fingerprint density at radius 3 is 2.69 bits per heavy atom. The third-order valence-corrected chi connectivity index (χ3v) is 1.95. The van der Waals surface area contributed by atoms with Gasteiger partial charge in [-0.2, -0.15) is 0 Å². The summed E-state index contributed by atoms with van der Waals surface area (Å²) in [4.78, 5) is 0. The van der Waals surface area contributed by atoms with Crippen molar-refractivity contribution in [2.24, 2.45) is 0 Å². The molecule has 13 heavy (non-hydrogen) atoms. The molecule has 72 valence electrons. The molecule has 0 aliphatic rings. The number of hydrogen-bond donors (Lipinski definition) is 2. The van der Waals surface area contributed by atoms with Crippen LogP contribution in [-0.4, -0.2) is 19.4 Å². The molecule has 0 unspecified atom stereocenters. The predicted octanol–water partition coefficient (Wildman–Crippen LogP) is 1.98. The maximum Gasteiger partial charge on any atom is 0.0786 e. The van der Waals surface area contributed by atoms with E-state index in [0.717, 1.165) is 17.9 Å². The Kier molecular flexibility index (Phi) is 4.49. The van der Waals surface area contributed by atoms with E-state index in [1.165, 1.54) is 12.0 Å². The number of nitrogen functional groups attached to an aromatic ring is 1. The first-order chi connectivity index (χ1) is 6.33. The molecule has 3 N–H and O–H groups in total. The fraction of sp³-hybridized carbons (Fsp3) is 0.333. The number of nitrogens with two attached hydrogens (primary N) is 1. The molecule has 0 saturated carbocycles. The van der Waals surface area contributed by atoms with Crippen molar-refractivity contribution in [3.8, 4) is 0 Å². The van der Waals surface area contributed by atoms with Gasteiger partial charge in [0.15, 0.2) is 0 Å². The Morgan fingerprint density at radius 1 is 1.38 bits per heavy atom. The summed E-state index contributed by atoms with van der Waals surface area (Å²) in [5.74, 6) is 0. The summed E-state index contributed by atoms with van der Waals surface area (Å²) in [6.07, 6.45) is 1.91. The smallest absolute Gasteiger partial charge is 0.0786 e. The van der Waals surface area contributed by atoms with Gasteiger partial charge in [-0.3, -0.25) is 0 Å². The Labute approximate surface area is 82.9 Å². The van der Waals surface area contributed by atoms with Gasteiger partial charge in [0.25, 0.3) is 0 Å². The summed E-state index contributed by atoms with van der Waals surface area (Å²) < 4.78 is 5.11. The average Bonchev–Trinajstić information content (AvgIpc) is 2.15. The summed E-state index contributed by atoms with van der Waals surface area (Å²) in [6.45, 7) is 1.51. The summed E-state index contributed by atoms with van der Waals surface area (Å²) in [5.41, 5.74) is 7.40. The molecule has 0 amide bonds. The second-order valence-electron chi connectivity index (χ2n) is 2.54. The van der Waals surface area contributed by atoms with E-state index in [9.17, 15) is 0 Å². The zero-order chi connectivity index (χ0) is 9.52. The summed E-state index contributed by atoms with van der Waals surface area (Å²) in [5, 5.41) is 3.21. The van der Waals surface area contributed by atoms with Crippen LogP contribution < -0.4 is 11.1 Å². The van der Waals surface area contributed by atoms with E-state index in [4.69, 9.17) is 9.92 Å². The number of nitrogens with one attached hydrogen (secondary N) is 1. The zero-order valence-corrected chi connectivity index (χ0v) is 8.43. The second-order valence-corrected chi connectivity index (χ2v) is 3.11. The standard InChI is InChI=1S/C9H14N2OS/c1-13-12-7-6-11-9-4-2-8(10)3-5-9/h2-5,11H,6-7,10H2,1H3. The van der Waals surface area contributed by atoms with Crippen LogP contribution in [0.2, 0.25) is 0 Å². The fourth-order valence-corrected chi connectivity index (χ4v) is 1.17. The quantitative estimate of drug-likeness (QED) is 0.431. The van der Waals surface area contributed by atoms with Crippen LogP contribution in [0.1, 0.15) is 0 Å². The van der Waals surface area contributed by atoms with Crippen molar-refractivity contribution in [3.63, 3.8) is 0 Å². The molecule has 3 nitrogen and oxygen atoms in total. The molecule has 1 aromatic carbocycles. The van der Waals surface area contributed by atoms with Crippen LogP contribution in [0.3, 0.4) is 0 Å². The third kappa shape index (κ3) is 4.05. The summed E-state index contributed by atoms with van der Waals surface area (Å²) in [6, 6.07) is 7.65. The maximum atomic E-state index is 5.55. The highest BCUT2D eigenvalue weighted by atomic mass is 32.2. The largest absolute Gasteiger partial charge is 0.399 e. The van der Waals surface area contributed by atoms with Gasteiger partial charge in [0.2, 0.25) is 0 Å². The lowest BCUT2D eigenvalue weighted by molar-refractivity contribution is 0.394. The lowest BCUT2D eigenvalue weighted by Gasteiger charge is -2.05. The molecule has 0 spiro atoms. The van der Waals surface area contributed by atoms with Gasteiger partial charge in [-0.25, -0.2) is 0 Å². The molecule has 0 bridgehead atoms. The number of hydrogen-bond acceptors (Lipinski definition) is 4. The van der Waals surface area contributed by atoms with E-state index in [1.807, 2.05) is 30.5 Å². The van der Waals surface area contributed by atoms with Gasteiger partial charge in [-0.05, 0) is 36.3 Å². The van der Waals surface area contributed by atoms with Crippen molar-refractivity contribution in [1.82, 2.24) is 0 Å². The van der Waals surface area contributed by atoms with Gasteiger partial charge in [-0.15, -0.1) is 0 Å². The third-order valence-electron chi connectivity index (χ3n) is 1.54.